The molecule has 0 atom stereocenters. The Balaban J connectivity index is 2.26. The largest absolute Gasteiger partial charge is 0.352 e. The number of H-pyrrole nitrogens is 1. The van der Waals surface area contributed by atoms with Crippen molar-refractivity contribution in [1.29, 1.82) is 0 Å². The molecule has 0 aliphatic rings. The Morgan fingerprint density at radius 3 is 2.41 bits per heavy atom. The summed E-state index contributed by atoms with van der Waals surface area (Å²) < 4.78 is 1.31. The number of nitrogens with one attached hydrogen (secondary N) is 1. The Hall–Kier alpha value is -3.28. The Morgan fingerprint density at radius 1 is 0.864 bits per heavy atom. The average molecular weight is 290 g/mol. The first-order chi connectivity index (χ1) is 10.7. The number of nitrogens with zero attached hydrogens (tertiary/aromatic N) is 3. The van der Waals surface area contributed by atoms with Crippen LogP contribution in [0.25, 0.3) is 27.9 Å². The molecule has 4 rings (SSSR count). The third-order valence-corrected chi connectivity index (χ3v) is 3.48. The molecule has 2 aromatic heterocycles. The maximum atomic E-state index is 12.1. The lowest BCUT2D eigenvalue weighted by molar-refractivity contribution is 0.904. The molecule has 0 radical (unpaired) electrons. The van der Waals surface area contributed by atoms with Gasteiger partial charge in [0.2, 0.25) is 5.78 Å². The van der Waals surface area contributed by atoms with E-state index < -0.39 is 11.4 Å². The number of aromatic amines is 1. The van der Waals surface area contributed by atoms with E-state index in [9.17, 15) is 9.59 Å². The van der Waals surface area contributed by atoms with Crippen LogP contribution in [0.15, 0.2) is 64.2 Å². The Bertz CT molecular complexity index is 1110. The van der Waals surface area contributed by atoms with E-state index in [1.54, 1.807) is 6.07 Å². The van der Waals surface area contributed by atoms with Crippen LogP contribution in [0.1, 0.15) is 0 Å². The fraction of sp³-hybridized carbons (Fsp3) is 0. The second-order valence-electron chi connectivity index (χ2n) is 4.83. The Labute approximate surface area is 123 Å². The lowest BCUT2D eigenvalue weighted by Crippen LogP contribution is -2.29. The van der Waals surface area contributed by atoms with E-state index in [0.29, 0.717) is 11.2 Å². The van der Waals surface area contributed by atoms with Crippen LogP contribution in [0.2, 0.25) is 0 Å². The summed E-state index contributed by atoms with van der Waals surface area (Å²) in [5, 5.41) is 0.817. The van der Waals surface area contributed by atoms with Gasteiger partial charge in [0.1, 0.15) is 0 Å². The number of hydrogen-bond donors (Lipinski definition) is 1. The highest BCUT2D eigenvalue weighted by molar-refractivity contribution is 5.93. The molecule has 6 nitrogen and oxygen atoms in total. The van der Waals surface area contributed by atoms with Gasteiger partial charge in [0.05, 0.1) is 11.2 Å². The summed E-state index contributed by atoms with van der Waals surface area (Å²) in [5.41, 5.74) is 0.995. The molecule has 1 N–H and O–H groups in total. The second kappa shape index (κ2) is 4.63. The SMILES string of the molecule is O=c1nc2nc(-c3ccccc3)c3ccccc3n2c(=O)[nH]1. The van der Waals surface area contributed by atoms with Crippen LogP contribution in [0.4, 0.5) is 0 Å². The molecular weight excluding hydrogens is 280 g/mol. The molecule has 0 amide bonds. The van der Waals surface area contributed by atoms with Gasteiger partial charge in [-0.05, 0) is 6.07 Å². The van der Waals surface area contributed by atoms with E-state index in [-0.39, 0.29) is 5.78 Å². The normalized spacial score (nSPS) is 11.1. The zero-order chi connectivity index (χ0) is 15.1. The van der Waals surface area contributed by atoms with E-state index in [2.05, 4.69) is 15.0 Å². The molecule has 2 aromatic carbocycles. The Kier molecular flexibility index (Phi) is 2.62. The summed E-state index contributed by atoms with van der Waals surface area (Å²) in [6, 6.07) is 17.0. The molecule has 6 heteroatoms. The molecule has 0 saturated heterocycles. The van der Waals surface area contributed by atoms with Gasteiger partial charge in [-0.2, -0.15) is 4.98 Å². The summed E-state index contributed by atoms with van der Waals surface area (Å²) in [4.78, 5) is 34.0. The smallest absolute Gasteiger partial charge is 0.257 e. The fourth-order valence-electron chi connectivity index (χ4n) is 2.54. The second-order valence-corrected chi connectivity index (χ2v) is 4.83. The minimum atomic E-state index is -0.702. The highest BCUT2D eigenvalue weighted by Gasteiger charge is 2.12. The summed E-state index contributed by atoms with van der Waals surface area (Å²) in [6.45, 7) is 0. The predicted molar refractivity (Wildman–Crippen MR) is 82.8 cm³/mol. The third kappa shape index (κ3) is 1.81. The maximum absolute atomic E-state index is 12.1. The van der Waals surface area contributed by atoms with Crippen molar-refractivity contribution in [2.24, 2.45) is 0 Å². The van der Waals surface area contributed by atoms with Crippen LogP contribution in [0.5, 0.6) is 0 Å². The van der Waals surface area contributed by atoms with Crippen LogP contribution < -0.4 is 11.4 Å². The van der Waals surface area contributed by atoms with Gasteiger partial charge in [-0.25, -0.2) is 19.0 Å². The van der Waals surface area contributed by atoms with Gasteiger partial charge < -0.3 is 0 Å². The van der Waals surface area contributed by atoms with E-state index in [0.717, 1.165) is 10.9 Å². The highest BCUT2D eigenvalue weighted by Crippen LogP contribution is 2.26. The van der Waals surface area contributed by atoms with Gasteiger partial charge in [-0.3, -0.25) is 4.98 Å². The number of para-hydroxylation sites is 1. The Morgan fingerprint density at radius 2 is 1.59 bits per heavy atom. The fourth-order valence-corrected chi connectivity index (χ4v) is 2.54. The van der Waals surface area contributed by atoms with Crippen molar-refractivity contribution in [3.63, 3.8) is 0 Å². The average Bonchev–Trinajstić information content (AvgIpc) is 2.54. The lowest BCUT2D eigenvalue weighted by atomic mass is 10.1. The molecule has 2 heterocycles. The van der Waals surface area contributed by atoms with Gasteiger partial charge in [0.25, 0.3) is 0 Å². The molecule has 0 fully saturated rings. The monoisotopic (exact) mass is 290 g/mol. The topological polar surface area (TPSA) is 80.1 Å². The van der Waals surface area contributed by atoms with Crippen molar-refractivity contribution in [1.82, 2.24) is 19.4 Å². The zero-order valence-electron chi connectivity index (χ0n) is 11.4. The van der Waals surface area contributed by atoms with Gasteiger partial charge in [0, 0.05) is 10.9 Å². The van der Waals surface area contributed by atoms with Gasteiger partial charge in [-0.1, -0.05) is 48.5 Å². The van der Waals surface area contributed by atoms with E-state index >= 15 is 0 Å². The quantitative estimate of drug-likeness (QED) is 0.540. The van der Waals surface area contributed by atoms with Crippen LogP contribution in [0, 0.1) is 0 Å². The van der Waals surface area contributed by atoms with Crippen molar-refractivity contribution in [3.8, 4) is 11.3 Å². The first-order valence-electron chi connectivity index (χ1n) is 6.71. The first-order valence-corrected chi connectivity index (χ1v) is 6.71. The van der Waals surface area contributed by atoms with Gasteiger partial charge >= 0.3 is 11.4 Å². The maximum Gasteiger partial charge on any atom is 0.352 e. The minimum Gasteiger partial charge on any atom is -0.257 e. The number of fused-ring (bicyclic) bond motifs is 3. The van der Waals surface area contributed by atoms with E-state index in [1.165, 1.54) is 4.40 Å². The number of benzene rings is 2. The first kappa shape index (κ1) is 12.5. The molecule has 0 saturated carbocycles. The van der Waals surface area contributed by atoms with Crippen LogP contribution in [-0.4, -0.2) is 19.4 Å². The molecule has 0 bridgehead atoms. The molecule has 0 spiro atoms. The van der Waals surface area contributed by atoms with Crippen molar-refractivity contribution in [2.75, 3.05) is 0 Å². The molecule has 106 valence electrons. The minimum absolute atomic E-state index is 0.0892. The molecule has 0 unspecified atom stereocenters. The highest BCUT2D eigenvalue weighted by atomic mass is 16.2. The summed E-state index contributed by atoms with van der Waals surface area (Å²) in [6.07, 6.45) is 0. The molecule has 0 aliphatic heterocycles. The van der Waals surface area contributed by atoms with E-state index in [4.69, 9.17) is 0 Å². The summed E-state index contributed by atoms with van der Waals surface area (Å²) >= 11 is 0. The van der Waals surface area contributed by atoms with E-state index in [1.807, 2.05) is 48.5 Å². The van der Waals surface area contributed by atoms with Crippen molar-refractivity contribution in [3.05, 3.63) is 75.6 Å². The van der Waals surface area contributed by atoms with Crippen molar-refractivity contribution >= 4 is 16.7 Å². The third-order valence-electron chi connectivity index (χ3n) is 3.48. The molecule has 0 aliphatic carbocycles. The van der Waals surface area contributed by atoms with Crippen LogP contribution >= 0.6 is 0 Å². The standard InChI is InChI=1S/C16H10N4O2/c21-15-18-14-17-13(10-6-2-1-3-7-10)11-8-4-5-9-12(11)20(14)16(22)19-15/h1-9H,(H,19,21,22). The molecule has 22 heavy (non-hydrogen) atoms. The van der Waals surface area contributed by atoms with Crippen molar-refractivity contribution < 1.29 is 0 Å². The van der Waals surface area contributed by atoms with Crippen LogP contribution in [-0.2, 0) is 0 Å². The molecule has 4 aromatic rings. The number of aromatic nitrogens is 4. The zero-order valence-corrected chi connectivity index (χ0v) is 11.4. The lowest BCUT2D eigenvalue weighted by Gasteiger charge is -2.09. The van der Waals surface area contributed by atoms with Crippen LogP contribution in [0.3, 0.4) is 0 Å². The van der Waals surface area contributed by atoms with Gasteiger partial charge in [0.15, 0.2) is 0 Å². The summed E-state index contributed by atoms with van der Waals surface area (Å²) in [7, 11) is 0. The van der Waals surface area contributed by atoms with Gasteiger partial charge in [-0.15, -0.1) is 0 Å². The number of hydrogen-bond acceptors (Lipinski definition) is 4. The number of rotatable bonds is 1. The molecular formula is C16H10N4O2. The van der Waals surface area contributed by atoms with Crippen molar-refractivity contribution in [2.45, 2.75) is 0 Å². The predicted octanol–water partition coefficient (Wildman–Crippen LogP) is 1.60. The summed E-state index contributed by atoms with van der Waals surface area (Å²) in [5.74, 6) is 0.0892.